The second kappa shape index (κ2) is 3.20. The Morgan fingerprint density at radius 1 is 1.45 bits per heavy atom. The minimum absolute atomic E-state index is 0.0412. The lowest BCUT2D eigenvalue weighted by molar-refractivity contribution is 0.406. The molecule has 0 amide bonds. The van der Waals surface area contributed by atoms with Crippen LogP contribution in [0.3, 0.4) is 0 Å². The summed E-state index contributed by atoms with van der Waals surface area (Å²) in [5.41, 5.74) is 12.6. The molecule has 62 valence electrons. The maximum atomic E-state index is 5.63. The van der Waals surface area contributed by atoms with Crippen molar-refractivity contribution in [3.63, 3.8) is 0 Å². The molecule has 4 N–H and O–H groups in total. The van der Waals surface area contributed by atoms with Gasteiger partial charge in [-0.1, -0.05) is 23.8 Å². The van der Waals surface area contributed by atoms with Gasteiger partial charge in [-0.05, 0) is 13.3 Å². The summed E-state index contributed by atoms with van der Waals surface area (Å²) in [6.45, 7) is 3.38. The molecule has 0 atom stereocenters. The van der Waals surface area contributed by atoms with Crippen LogP contribution in [0, 0.1) is 5.41 Å². The molecule has 0 heterocycles. The second-order valence-corrected chi connectivity index (χ2v) is 3.26. The third kappa shape index (κ3) is 1.70. The smallest absolute Gasteiger partial charge is 0.0165 e. The van der Waals surface area contributed by atoms with Crippen LogP contribution in [-0.4, -0.2) is 13.1 Å². The summed E-state index contributed by atoms with van der Waals surface area (Å²) in [5, 5.41) is 0. The summed E-state index contributed by atoms with van der Waals surface area (Å²) in [6, 6.07) is 0. The standard InChI is InChI=1S/C9H16N2/c1-8-2-4-9(6-10,7-11)5-3-8/h2-4H,5-7,10-11H2,1H3. The molecule has 0 fully saturated rings. The van der Waals surface area contributed by atoms with Crippen molar-refractivity contribution in [2.75, 3.05) is 13.1 Å². The van der Waals surface area contributed by atoms with Gasteiger partial charge in [0.1, 0.15) is 0 Å². The molecule has 0 aromatic rings. The quantitative estimate of drug-likeness (QED) is 0.615. The van der Waals surface area contributed by atoms with E-state index in [0.29, 0.717) is 13.1 Å². The van der Waals surface area contributed by atoms with Crippen molar-refractivity contribution in [3.8, 4) is 0 Å². The highest BCUT2D eigenvalue weighted by Gasteiger charge is 2.23. The first-order chi connectivity index (χ1) is 5.22. The number of hydrogen-bond acceptors (Lipinski definition) is 2. The Kier molecular flexibility index (Phi) is 2.47. The molecule has 0 bridgehead atoms. The van der Waals surface area contributed by atoms with Gasteiger partial charge in [0.15, 0.2) is 0 Å². The first-order valence-corrected chi connectivity index (χ1v) is 3.98. The predicted molar refractivity (Wildman–Crippen MR) is 48.1 cm³/mol. The lowest BCUT2D eigenvalue weighted by atomic mass is 9.80. The average molecular weight is 152 g/mol. The molecule has 11 heavy (non-hydrogen) atoms. The minimum atomic E-state index is 0.0412. The zero-order valence-corrected chi connectivity index (χ0v) is 7.01. The summed E-state index contributed by atoms with van der Waals surface area (Å²) in [7, 11) is 0. The Bertz CT molecular complexity index is 188. The molecular formula is C9H16N2. The molecular weight excluding hydrogens is 136 g/mol. The highest BCUT2D eigenvalue weighted by molar-refractivity contribution is 5.25. The second-order valence-electron chi connectivity index (χ2n) is 3.26. The maximum absolute atomic E-state index is 5.63. The van der Waals surface area contributed by atoms with Crippen molar-refractivity contribution in [1.29, 1.82) is 0 Å². The molecule has 0 saturated carbocycles. The molecule has 0 spiro atoms. The third-order valence-corrected chi connectivity index (χ3v) is 2.34. The van der Waals surface area contributed by atoms with E-state index in [2.05, 4.69) is 25.2 Å². The van der Waals surface area contributed by atoms with Crippen LogP contribution in [0.2, 0.25) is 0 Å². The van der Waals surface area contributed by atoms with Crippen molar-refractivity contribution in [1.82, 2.24) is 0 Å². The van der Waals surface area contributed by atoms with Crippen molar-refractivity contribution >= 4 is 0 Å². The van der Waals surface area contributed by atoms with E-state index in [1.807, 2.05) is 0 Å². The van der Waals surface area contributed by atoms with E-state index >= 15 is 0 Å². The monoisotopic (exact) mass is 152 g/mol. The maximum Gasteiger partial charge on any atom is 0.0165 e. The Morgan fingerprint density at radius 3 is 2.45 bits per heavy atom. The van der Waals surface area contributed by atoms with Gasteiger partial charge in [-0.15, -0.1) is 0 Å². The molecule has 1 rings (SSSR count). The van der Waals surface area contributed by atoms with E-state index in [1.54, 1.807) is 0 Å². The van der Waals surface area contributed by atoms with Crippen LogP contribution in [0.15, 0.2) is 23.8 Å². The van der Waals surface area contributed by atoms with Crippen molar-refractivity contribution < 1.29 is 0 Å². The number of hydrogen-bond donors (Lipinski definition) is 2. The zero-order valence-electron chi connectivity index (χ0n) is 7.01. The van der Waals surface area contributed by atoms with Crippen molar-refractivity contribution in [2.24, 2.45) is 16.9 Å². The highest BCUT2D eigenvalue weighted by Crippen LogP contribution is 2.27. The average Bonchev–Trinajstić information content (AvgIpc) is 2.07. The number of allylic oxidation sites excluding steroid dienone is 3. The zero-order chi connectivity index (χ0) is 8.32. The van der Waals surface area contributed by atoms with Crippen molar-refractivity contribution in [3.05, 3.63) is 23.8 Å². The van der Waals surface area contributed by atoms with E-state index < -0.39 is 0 Å². The summed E-state index contributed by atoms with van der Waals surface area (Å²) in [4.78, 5) is 0. The molecule has 0 aliphatic heterocycles. The fourth-order valence-corrected chi connectivity index (χ4v) is 1.19. The van der Waals surface area contributed by atoms with Crippen LogP contribution in [0.5, 0.6) is 0 Å². The van der Waals surface area contributed by atoms with Gasteiger partial charge < -0.3 is 11.5 Å². The van der Waals surface area contributed by atoms with E-state index in [9.17, 15) is 0 Å². The van der Waals surface area contributed by atoms with Crippen LogP contribution in [0.1, 0.15) is 13.3 Å². The Balaban J connectivity index is 2.71. The van der Waals surface area contributed by atoms with Gasteiger partial charge in [0.2, 0.25) is 0 Å². The lowest BCUT2D eigenvalue weighted by Gasteiger charge is -2.28. The van der Waals surface area contributed by atoms with Crippen LogP contribution in [-0.2, 0) is 0 Å². The normalized spacial score (nSPS) is 21.5. The minimum Gasteiger partial charge on any atom is -0.330 e. The predicted octanol–water partition coefficient (Wildman–Crippen LogP) is 0.796. The lowest BCUT2D eigenvalue weighted by Crippen LogP contribution is -2.36. The summed E-state index contributed by atoms with van der Waals surface area (Å²) >= 11 is 0. The van der Waals surface area contributed by atoms with Gasteiger partial charge in [-0.3, -0.25) is 0 Å². The Hall–Kier alpha value is -0.600. The Morgan fingerprint density at radius 2 is 2.09 bits per heavy atom. The first-order valence-electron chi connectivity index (χ1n) is 3.98. The summed E-state index contributed by atoms with van der Waals surface area (Å²) in [5.74, 6) is 0. The molecule has 0 aromatic carbocycles. The van der Waals surface area contributed by atoms with Crippen molar-refractivity contribution in [2.45, 2.75) is 13.3 Å². The van der Waals surface area contributed by atoms with Gasteiger partial charge in [0.25, 0.3) is 0 Å². The van der Waals surface area contributed by atoms with Gasteiger partial charge in [0, 0.05) is 18.5 Å². The highest BCUT2D eigenvalue weighted by atomic mass is 14.7. The topological polar surface area (TPSA) is 52.0 Å². The third-order valence-electron chi connectivity index (χ3n) is 2.34. The molecule has 0 saturated heterocycles. The SMILES string of the molecule is CC1=CCC(CN)(CN)C=C1. The van der Waals surface area contributed by atoms with Crippen LogP contribution in [0.4, 0.5) is 0 Å². The van der Waals surface area contributed by atoms with E-state index in [1.165, 1.54) is 5.57 Å². The van der Waals surface area contributed by atoms with E-state index in [0.717, 1.165) is 6.42 Å². The number of nitrogens with two attached hydrogens (primary N) is 2. The first kappa shape index (κ1) is 8.50. The van der Waals surface area contributed by atoms with E-state index in [4.69, 9.17) is 11.5 Å². The fraction of sp³-hybridized carbons (Fsp3) is 0.556. The summed E-state index contributed by atoms with van der Waals surface area (Å²) in [6.07, 6.45) is 7.42. The van der Waals surface area contributed by atoms with Crippen LogP contribution >= 0.6 is 0 Å². The van der Waals surface area contributed by atoms with Crippen LogP contribution in [0.25, 0.3) is 0 Å². The van der Waals surface area contributed by atoms with Gasteiger partial charge >= 0.3 is 0 Å². The summed E-state index contributed by atoms with van der Waals surface area (Å²) < 4.78 is 0. The largest absolute Gasteiger partial charge is 0.330 e. The molecule has 1 aliphatic carbocycles. The molecule has 0 unspecified atom stereocenters. The number of rotatable bonds is 2. The van der Waals surface area contributed by atoms with E-state index in [-0.39, 0.29) is 5.41 Å². The van der Waals surface area contributed by atoms with Gasteiger partial charge in [-0.2, -0.15) is 0 Å². The Labute approximate surface area is 68.0 Å². The van der Waals surface area contributed by atoms with Gasteiger partial charge in [0.05, 0.1) is 0 Å². The molecule has 2 heteroatoms. The fourth-order valence-electron chi connectivity index (χ4n) is 1.19. The molecule has 0 aromatic heterocycles. The van der Waals surface area contributed by atoms with Gasteiger partial charge in [-0.25, -0.2) is 0 Å². The molecule has 2 nitrogen and oxygen atoms in total. The molecule has 0 radical (unpaired) electrons. The molecule has 1 aliphatic rings. The van der Waals surface area contributed by atoms with Crippen LogP contribution < -0.4 is 11.5 Å².